The summed E-state index contributed by atoms with van der Waals surface area (Å²) in [4.78, 5) is 19.5. The van der Waals surface area contributed by atoms with Gasteiger partial charge in [0.25, 0.3) is 0 Å². The maximum atomic E-state index is 5.26. The summed E-state index contributed by atoms with van der Waals surface area (Å²) in [6, 6.07) is 66.0. The second-order valence-corrected chi connectivity index (χ2v) is 14.2. The molecule has 0 unspecified atom stereocenters. The highest BCUT2D eigenvalue weighted by atomic mass is 15.0. The van der Waals surface area contributed by atoms with Gasteiger partial charge in [0.05, 0.1) is 45.0 Å². The van der Waals surface area contributed by atoms with E-state index < -0.39 is 0 Å². The van der Waals surface area contributed by atoms with Gasteiger partial charge in [-0.1, -0.05) is 127 Å². The molecule has 5 heteroatoms. The van der Waals surface area contributed by atoms with E-state index in [0.717, 1.165) is 78.2 Å². The van der Waals surface area contributed by atoms with Crippen LogP contribution in [-0.2, 0) is 0 Å². The second-order valence-electron chi connectivity index (χ2n) is 14.2. The fourth-order valence-corrected chi connectivity index (χ4v) is 8.32. The van der Waals surface area contributed by atoms with Crippen LogP contribution < -0.4 is 0 Å². The minimum atomic E-state index is 0.807. The van der Waals surface area contributed by atoms with Crippen molar-refractivity contribution in [2.24, 2.45) is 0 Å². The largest absolute Gasteiger partial charge is 0.309 e. The molecule has 0 radical (unpaired) electrons. The summed E-state index contributed by atoms with van der Waals surface area (Å²) in [5, 5.41) is 5.88. The Hall–Kier alpha value is -7.76. The number of fused-ring (bicyclic) bond motifs is 7. The zero-order chi connectivity index (χ0) is 37.7. The normalized spacial score (nSPS) is 11.5. The van der Waals surface area contributed by atoms with Gasteiger partial charge < -0.3 is 4.57 Å². The fourth-order valence-electron chi connectivity index (χ4n) is 8.32. The molecule has 0 saturated carbocycles. The molecule has 11 rings (SSSR count). The van der Waals surface area contributed by atoms with Crippen LogP contribution in [0.5, 0.6) is 0 Å². The molecule has 0 spiro atoms. The average Bonchev–Trinajstić information content (AvgIpc) is 3.64. The average molecular weight is 728 g/mol. The van der Waals surface area contributed by atoms with Crippen LogP contribution in [0.4, 0.5) is 0 Å². The molecule has 0 aliphatic carbocycles. The lowest BCUT2D eigenvalue weighted by atomic mass is 9.94. The van der Waals surface area contributed by atoms with Crippen molar-refractivity contribution >= 4 is 43.5 Å². The highest BCUT2D eigenvalue weighted by Crippen LogP contribution is 2.45. The lowest BCUT2D eigenvalue weighted by molar-refractivity contribution is 1.19. The topological polar surface area (TPSA) is 56.5 Å². The molecule has 0 amide bonds. The van der Waals surface area contributed by atoms with Crippen LogP contribution >= 0.6 is 0 Å². The molecule has 0 aliphatic heterocycles. The third kappa shape index (κ3) is 5.56. The Morgan fingerprint density at radius 2 is 1.00 bits per heavy atom. The van der Waals surface area contributed by atoms with Crippen LogP contribution in [0.3, 0.4) is 0 Å². The number of nitrogens with zero attached hydrogens (tertiary/aromatic N) is 5. The van der Waals surface area contributed by atoms with Gasteiger partial charge in [0, 0.05) is 50.6 Å². The summed E-state index contributed by atoms with van der Waals surface area (Å²) in [6.07, 6.45) is 3.61. The maximum absolute atomic E-state index is 5.26. The molecular weight excluding hydrogens is 695 g/mol. The van der Waals surface area contributed by atoms with Crippen molar-refractivity contribution < 1.29 is 0 Å². The standard InChI is InChI=1S/C52H33N5/c1-3-14-36(15-4-1)51-41-28-29-42-49-39(19-13-23-48(49)57(38-16-5-2-6-17-38)52(42)50(41)40-18-7-8-20-43(40)56-51)35-26-24-34(25-27-35)37-32-46(44-21-9-11-30-53-44)55-47(33-37)45-22-10-12-31-54-45/h1-33H. The molecule has 57 heavy (non-hydrogen) atoms. The Bertz CT molecular complexity index is 3190. The minimum absolute atomic E-state index is 0.807. The molecule has 5 heterocycles. The Labute approximate surface area is 329 Å². The third-order valence-corrected chi connectivity index (χ3v) is 10.9. The van der Waals surface area contributed by atoms with Crippen LogP contribution in [0.1, 0.15) is 0 Å². The lowest BCUT2D eigenvalue weighted by Crippen LogP contribution is -1.96. The first-order valence-corrected chi connectivity index (χ1v) is 19.1. The van der Waals surface area contributed by atoms with Crippen molar-refractivity contribution in [2.75, 3.05) is 0 Å². The second kappa shape index (κ2) is 13.5. The van der Waals surface area contributed by atoms with Crippen LogP contribution in [0.2, 0.25) is 0 Å². The predicted molar refractivity (Wildman–Crippen MR) is 234 cm³/mol. The summed E-state index contributed by atoms with van der Waals surface area (Å²) in [5.41, 5.74) is 14.2. The number of benzene rings is 6. The van der Waals surface area contributed by atoms with Gasteiger partial charge in [-0.15, -0.1) is 0 Å². The molecule has 266 valence electrons. The van der Waals surface area contributed by atoms with E-state index in [9.17, 15) is 0 Å². The van der Waals surface area contributed by atoms with Crippen molar-refractivity contribution in [3.8, 4) is 62.0 Å². The Kier molecular flexibility index (Phi) is 7.74. The van der Waals surface area contributed by atoms with E-state index in [1.165, 1.54) is 27.2 Å². The highest BCUT2D eigenvalue weighted by molar-refractivity contribution is 6.28. The van der Waals surface area contributed by atoms with Crippen molar-refractivity contribution in [1.29, 1.82) is 0 Å². The molecule has 0 N–H and O–H groups in total. The van der Waals surface area contributed by atoms with E-state index in [2.05, 4.69) is 166 Å². The van der Waals surface area contributed by atoms with E-state index in [0.29, 0.717) is 0 Å². The number of aromatic nitrogens is 5. The lowest BCUT2D eigenvalue weighted by Gasteiger charge is -2.14. The summed E-state index contributed by atoms with van der Waals surface area (Å²) < 4.78 is 2.45. The quantitative estimate of drug-likeness (QED) is 0.160. The molecule has 0 fully saturated rings. The molecule has 5 nitrogen and oxygen atoms in total. The van der Waals surface area contributed by atoms with Gasteiger partial charge in [-0.05, 0) is 82.9 Å². The first kappa shape index (κ1) is 32.7. The van der Waals surface area contributed by atoms with Gasteiger partial charge in [-0.2, -0.15) is 0 Å². The number of pyridine rings is 4. The van der Waals surface area contributed by atoms with Gasteiger partial charge in [0.2, 0.25) is 0 Å². The SMILES string of the molecule is c1ccc(-c2nc3ccccc3c3c2ccc2c4c(-c5ccc(-c6cc(-c7ccccn7)nc(-c7ccccn7)c6)cc5)cccc4n(-c4ccccc4)c23)cc1. The van der Waals surface area contributed by atoms with E-state index in [4.69, 9.17) is 9.97 Å². The summed E-state index contributed by atoms with van der Waals surface area (Å²) >= 11 is 0. The van der Waals surface area contributed by atoms with Gasteiger partial charge in [0.15, 0.2) is 0 Å². The zero-order valence-corrected chi connectivity index (χ0v) is 30.8. The summed E-state index contributed by atoms with van der Waals surface area (Å²) in [5.74, 6) is 0. The predicted octanol–water partition coefficient (Wildman–Crippen LogP) is 13.0. The number of rotatable bonds is 6. The minimum Gasteiger partial charge on any atom is -0.309 e. The molecule has 0 atom stereocenters. The van der Waals surface area contributed by atoms with Gasteiger partial charge in [-0.25, -0.2) is 9.97 Å². The molecule has 0 aliphatic rings. The van der Waals surface area contributed by atoms with Gasteiger partial charge in [0.1, 0.15) is 0 Å². The van der Waals surface area contributed by atoms with Crippen molar-refractivity contribution in [1.82, 2.24) is 24.5 Å². The summed E-state index contributed by atoms with van der Waals surface area (Å²) in [7, 11) is 0. The monoisotopic (exact) mass is 727 g/mol. The van der Waals surface area contributed by atoms with E-state index in [1.807, 2.05) is 36.4 Å². The Balaban J connectivity index is 1.14. The Morgan fingerprint density at radius 3 is 1.70 bits per heavy atom. The van der Waals surface area contributed by atoms with Crippen LogP contribution in [-0.4, -0.2) is 24.5 Å². The third-order valence-electron chi connectivity index (χ3n) is 10.9. The number of hydrogen-bond acceptors (Lipinski definition) is 4. The summed E-state index contributed by atoms with van der Waals surface area (Å²) in [6.45, 7) is 0. The van der Waals surface area contributed by atoms with Crippen LogP contribution in [0, 0.1) is 0 Å². The molecule has 0 saturated heterocycles. The Morgan fingerprint density at radius 1 is 0.368 bits per heavy atom. The van der Waals surface area contributed by atoms with E-state index in [-0.39, 0.29) is 0 Å². The number of hydrogen-bond donors (Lipinski definition) is 0. The molecule has 6 aromatic carbocycles. The fraction of sp³-hybridized carbons (Fsp3) is 0. The smallest absolute Gasteiger partial charge is 0.0900 e. The van der Waals surface area contributed by atoms with Crippen LogP contribution in [0.15, 0.2) is 200 Å². The highest BCUT2D eigenvalue weighted by Gasteiger charge is 2.22. The van der Waals surface area contributed by atoms with Crippen molar-refractivity contribution in [2.45, 2.75) is 0 Å². The van der Waals surface area contributed by atoms with E-state index in [1.54, 1.807) is 12.4 Å². The van der Waals surface area contributed by atoms with Gasteiger partial charge >= 0.3 is 0 Å². The maximum Gasteiger partial charge on any atom is 0.0900 e. The van der Waals surface area contributed by atoms with Crippen molar-refractivity contribution in [3.63, 3.8) is 0 Å². The first-order valence-electron chi connectivity index (χ1n) is 19.1. The molecule has 5 aromatic heterocycles. The van der Waals surface area contributed by atoms with Crippen molar-refractivity contribution in [3.05, 3.63) is 200 Å². The first-order chi connectivity index (χ1) is 28.3. The van der Waals surface area contributed by atoms with Gasteiger partial charge in [-0.3, -0.25) is 9.97 Å². The molecule has 11 aromatic rings. The number of para-hydroxylation sites is 2. The van der Waals surface area contributed by atoms with Crippen LogP contribution in [0.25, 0.3) is 105 Å². The zero-order valence-electron chi connectivity index (χ0n) is 30.8. The van der Waals surface area contributed by atoms with E-state index >= 15 is 0 Å². The molecule has 0 bridgehead atoms. The molecular formula is C52H33N5.